The third-order valence-corrected chi connectivity index (χ3v) is 3.65. The van der Waals surface area contributed by atoms with Crippen LogP contribution in [0.15, 0.2) is 30.3 Å². The summed E-state index contributed by atoms with van der Waals surface area (Å²) in [7, 11) is 0. The Labute approximate surface area is 111 Å². The molecule has 102 valence electrons. The van der Waals surface area contributed by atoms with Gasteiger partial charge in [-0.05, 0) is 30.4 Å². The van der Waals surface area contributed by atoms with Crippen molar-refractivity contribution in [2.75, 3.05) is 6.54 Å². The van der Waals surface area contributed by atoms with Crippen LogP contribution in [0.3, 0.4) is 0 Å². The largest absolute Gasteiger partial charge is 0.481 e. The highest BCUT2D eigenvalue weighted by molar-refractivity contribution is 5.76. The average molecular weight is 263 g/mol. The number of carboxylic acids is 2. The van der Waals surface area contributed by atoms with E-state index in [0.29, 0.717) is 13.0 Å². The zero-order valence-corrected chi connectivity index (χ0v) is 10.5. The van der Waals surface area contributed by atoms with E-state index < -0.39 is 18.0 Å². The molecule has 0 aliphatic carbocycles. The maximum Gasteiger partial charge on any atom is 0.321 e. The number of hydrogen-bond donors (Lipinski definition) is 3. The minimum atomic E-state index is -0.971. The summed E-state index contributed by atoms with van der Waals surface area (Å²) in [6, 6.07) is 8.98. The molecule has 19 heavy (non-hydrogen) atoms. The van der Waals surface area contributed by atoms with Crippen molar-refractivity contribution in [3.05, 3.63) is 35.9 Å². The van der Waals surface area contributed by atoms with Crippen LogP contribution >= 0.6 is 0 Å². The first kappa shape index (κ1) is 13.5. The van der Waals surface area contributed by atoms with E-state index in [4.69, 9.17) is 10.2 Å². The molecule has 0 aromatic heterocycles. The molecule has 3 N–H and O–H groups in total. The van der Waals surface area contributed by atoms with Gasteiger partial charge in [0.1, 0.15) is 6.04 Å². The van der Waals surface area contributed by atoms with Gasteiger partial charge in [-0.1, -0.05) is 30.3 Å². The van der Waals surface area contributed by atoms with Crippen molar-refractivity contribution >= 4 is 11.9 Å². The van der Waals surface area contributed by atoms with Gasteiger partial charge < -0.3 is 15.5 Å². The normalized spacial score (nSPS) is 26.2. The maximum atomic E-state index is 11.1. The summed E-state index contributed by atoms with van der Waals surface area (Å²) in [4.78, 5) is 22.0. The van der Waals surface area contributed by atoms with Gasteiger partial charge in [-0.3, -0.25) is 9.59 Å². The first-order chi connectivity index (χ1) is 9.08. The van der Waals surface area contributed by atoms with Crippen molar-refractivity contribution in [2.45, 2.75) is 18.9 Å². The molecule has 0 amide bonds. The van der Waals surface area contributed by atoms with Crippen LogP contribution in [0.2, 0.25) is 0 Å². The molecule has 1 heterocycles. The smallest absolute Gasteiger partial charge is 0.321 e. The molecule has 1 fully saturated rings. The van der Waals surface area contributed by atoms with Crippen LogP contribution in [0.5, 0.6) is 0 Å². The van der Waals surface area contributed by atoms with Crippen molar-refractivity contribution in [3.8, 4) is 0 Å². The topological polar surface area (TPSA) is 86.6 Å². The maximum absolute atomic E-state index is 11.1. The molecule has 0 bridgehead atoms. The van der Waals surface area contributed by atoms with Crippen LogP contribution in [0, 0.1) is 11.8 Å². The molecule has 3 atom stereocenters. The van der Waals surface area contributed by atoms with Crippen LogP contribution in [-0.2, 0) is 16.0 Å². The summed E-state index contributed by atoms with van der Waals surface area (Å²) >= 11 is 0. The summed E-state index contributed by atoms with van der Waals surface area (Å²) in [5.41, 5.74) is 1.11. The molecule has 1 saturated heterocycles. The Hall–Kier alpha value is -1.88. The third-order valence-electron chi connectivity index (χ3n) is 3.65. The van der Waals surface area contributed by atoms with Crippen LogP contribution in [-0.4, -0.2) is 34.7 Å². The molecule has 0 spiro atoms. The average Bonchev–Trinajstić information content (AvgIpc) is 2.73. The minimum Gasteiger partial charge on any atom is -0.481 e. The number of carbonyl (C=O) groups is 2. The number of rotatable bonds is 5. The number of nitrogens with one attached hydrogen (secondary N) is 1. The summed E-state index contributed by atoms with van der Waals surface area (Å²) < 4.78 is 0. The fraction of sp³-hybridized carbons (Fsp3) is 0.429. The number of hydrogen-bond acceptors (Lipinski definition) is 3. The summed E-state index contributed by atoms with van der Waals surface area (Å²) in [6.45, 7) is 0.545. The highest BCUT2D eigenvalue weighted by atomic mass is 16.4. The van der Waals surface area contributed by atoms with E-state index in [0.717, 1.165) is 5.56 Å². The first-order valence-electron chi connectivity index (χ1n) is 6.30. The van der Waals surface area contributed by atoms with E-state index in [1.165, 1.54) is 0 Å². The van der Waals surface area contributed by atoms with Crippen molar-refractivity contribution in [1.29, 1.82) is 0 Å². The van der Waals surface area contributed by atoms with E-state index in [1.807, 2.05) is 30.3 Å². The number of carboxylic acid groups (broad SMARTS) is 2. The van der Waals surface area contributed by atoms with Crippen molar-refractivity contribution < 1.29 is 19.8 Å². The van der Waals surface area contributed by atoms with Gasteiger partial charge in [0.25, 0.3) is 0 Å². The quantitative estimate of drug-likeness (QED) is 0.737. The molecule has 1 aliphatic heterocycles. The molecule has 0 unspecified atom stereocenters. The highest BCUT2D eigenvalue weighted by Crippen LogP contribution is 2.29. The van der Waals surface area contributed by atoms with Gasteiger partial charge in [0.05, 0.1) is 6.42 Å². The predicted molar refractivity (Wildman–Crippen MR) is 68.8 cm³/mol. The Balaban J connectivity index is 2.10. The van der Waals surface area contributed by atoms with Crippen LogP contribution in [0.1, 0.15) is 12.0 Å². The number of benzene rings is 1. The van der Waals surface area contributed by atoms with Gasteiger partial charge in [0, 0.05) is 0 Å². The second-order valence-electron chi connectivity index (χ2n) is 4.94. The lowest BCUT2D eigenvalue weighted by atomic mass is 9.84. The van der Waals surface area contributed by atoms with Gasteiger partial charge in [0.2, 0.25) is 0 Å². The Morgan fingerprint density at radius 2 is 1.89 bits per heavy atom. The SMILES string of the molecule is O=C(O)C[C@H]1[C@@H](Cc2ccccc2)CN[C@H]1C(=O)O. The molecule has 2 rings (SSSR count). The van der Waals surface area contributed by atoms with Crippen LogP contribution < -0.4 is 5.32 Å². The zero-order valence-electron chi connectivity index (χ0n) is 10.5. The molecule has 0 radical (unpaired) electrons. The Kier molecular flexibility index (Phi) is 4.16. The molecule has 0 saturated carbocycles. The van der Waals surface area contributed by atoms with Gasteiger partial charge in [-0.15, -0.1) is 0 Å². The van der Waals surface area contributed by atoms with Gasteiger partial charge in [-0.2, -0.15) is 0 Å². The third kappa shape index (κ3) is 3.32. The zero-order chi connectivity index (χ0) is 13.8. The Bertz CT molecular complexity index is 460. The molecular formula is C14H17NO4. The second-order valence-corrected chi connectivity index (χ2v) is 4.94. The molecule has 1 aromatic carbocycles. The molecule has 1 aromatic rings. The van der Waals surface area contributed by atoms with E-state index in [9.17, 15) is 9.59 Å². The summed E-state index contributed by atoms with van der Waals surface area (Å²) in [5.74, 6) is -2.24. The Morgan fingerprint density at radius 3 is 2.47 bits per heavy atom. The molecular weight excluding hydrogens is 246 g/mol. The first-order valence-corrected chi connectivity index (χ1v) is 6.30. The van der Waals surface area contributed by atoms with Gasteiger partial charge in [-0.25, -0.2) is 0 Å². The lowest BCUT2D eigenvalue weighted by molar-refractivity contribution is -0.142. The van der Waals surface area contributed by atoms with Crippen LogP contribution in [0.25, 0.3) is 0 Å². The van der Waals surface area contributed by atoms with E-state index in [2.05, 4.69) is 5.32 Å². The summed E-state index contributed by atoms with van der Waals surface area (Å²) in [6.07, 6.45) is 0.594. The summed E-state index contributed by atoms with van der Waals surface area (Å²) in [5, 5.41) is 21.0. The fourth-order valence-electron chi connectivity index (χ4n) is 2.75. The van der Waals surface area contributed by atoms with Gasteiger partial charge in [0.15, 0.2) is 0 Å². The monoisotopic (exact) mass is 263 g/mol. The predicted octanol–water partition coefficient (Wildman–Crippen LogP) is 0.993. The van der Waals surface area contributed by atoms with Crippen molar-refractivity contribution in [1.82, 2.24) is 5.32 Å². The molecule has 5 nitrogen and oxygen atoms in total. The Morgan fingerprint density at radius 1 is 1.21 bits per heavy atom. The van der Waals surface area contributed by atoms with E-state index in [-0.39, 0.29) is 18.3 Å². The molecule has 1 aliphatic rings. The fourth-order valence-corrected chi connectivity index (χ4v) is 2.75. The van der Waals surface area contributed by atoms with Gasteiger partial charge >= 0.3 is 11.9 Å². The van der Waals surface area contributed by atoms with Crippen molar-refractivity contribution in [3.63, 3.8) is 0 Å². The van der Waals surface area contributed by atoms with E-state index in [1.54, 1.807) is 0 Å². The highest BCUT2D eigenvalue weighted by Gasteiger charge is 2.40. The molecule has 5 heteroatoms. The number of aliphatic carboxylic acids is 2. The minimum absolute atomic E-state index is 0.0413. The van der Waals surface area contributed by atoms with E-state index >= 15 is 0 Å². The second kappa shape index (κ2) is 5.84. The standard InChI is InChI=1S/C14H17NO4/c16-12(17)7-11-10(8-15-13(11)14(18)19)6-9-4-2-1-3-5-9/h1-5,10-11,13,15H,6-8H2,(H,16,17)(H,18,19)/t10-,11-,13+/m0/s1. The van der Waals surface area contributed by atoms with Crippen LogP contribution in [0.4, 0.5) is 0 Å². The van der Waals surface area contributed by atoms with Crippen molar-refractivity contribution in [2.24, 2.45) is 11.8 Å². The lowest BCUT2D eigenvalue weighted by Crippen LogP contribution is -2.36. The lowest BCUT2D eigenvalue weighted by Gasteiger charge is -2.20.